The van der Waals surface area contributed by atoms with Gasteiger partial charge in [-0.1, -0.05) is 52.4 Å². The first kappa shape index (κ1) is 23.1. The molecule has 0 spiro atoms. The van der Waals surface area contributed by atoms with Gasteiger partial charge in [0, 0.05) is 13.1 Å². The molecule has 6 nitrogen and oxygen atoms in total. The summed E-state index contributed by atoms with van der Waals surface area (Å²) in [6.07, 6.45) is 5.04. The molecule has 25 heavy (non-hydrogen) atoms. The predicted octanol–water partition coefficient (Wildman–Crippen LogP) is 1.90. The van der Waals surface area contributed by atoms with E-state index in [-0.39, 0.29) is 0 Å². The summed E-state index contributed by atoms with van der Waals surface area (Å²) in [6, 6.07) is 0. The lowest BCUT2D eigenvalue weighted by atomic mass is 10.1. The van der Waals surface area contributed by atoms with E-state index in [4.69, 9.17) is 9.84 Å². The van der Waals surface area contributed by atoms with E-state index in [1.54, 1.807) is 0 Å². The third kappa shape index (κ3) is 8.12. The monoisotopic (exact) mass is 379 g/mol. The van der Waals surface area contributed by atoms with Gasteiger partial charge in [-0.3, -0.25) is 0 Å². The molecule has 150 valence electrons. The molecule has 1 saturated heterocycles. The molecule has 1 rings (SSSR count). The molecule has 0 radical (unpaired) electrons. The first-order valence-corrected chi connectivity index (χ1v) is 10.6. The molecule has 1 aliphatic heterocycles. The lowest BCUT2D eigenvalue weighted by Gasteiger charge is -2.26. The van der Waals surface area contributed by atoms with E-state index in [2.05, 4.69) is 18.2 Å². The van der Waals surface area contributed by atoms with Crippen molar-refractivity contribution in [1.82, 2.24) is 4.31 Å². The highest BCUT2D eigenvalue weighted by atomic mass is 32.2. The molecule has 0 saturated carbocycles. The summed E-state index contributed by atoms with van der Waals surface area (Å²) in [5.74, 6) is 0. The number of nitrogens with zero attached hydrogens (tertiary/aromatic N) is 1. The SMILES string of the molecule is CCCCCCN(CCCCCC)SC1O[C@@H]([C@H](O)CO)[C@H](O)[C@H]1O. The number of hydrogen-bond donors (Lipinski definition) is 4. The Morgan fingerprint density at radius 2 is 1.48 bits per heavy atom. The fourth-order valence-corrected chi connectivity index (χ4v) is 4.20. The lowest BCUT2D eigenvalue weighted by Crippen LogP contribution is -2.40. The van der Waals surface area contributed by atoms with Crippen LogP contribution in [-0.2, 0) is 4.74 Å². The summed E-state index contributed by atoms with van der Waals surface area (Å²) >= 11 is 1.42. The molecule has 0 aromatic carbocycles. The van der Waals surface area contributed by atoms with Crippen LogP contribution in [0.15, 0.2) is 0 Å². The van der Waals surface area contributed by atoms with Gasteiger partial charge in [0.25, 0.3) is 0 Å². The Morgan fingerprint density at radius 1 is 0.920 bits per heavy atom. The summed E-state index contributed by atoms with van der Waals surface area (Å²) in [7, 11) is 0. The van der Waals surface area contributed by atoms with Crippen LogP contribution in [0.3, 0.4) is 0 Å². The van der Waals surface area contributed by atoms with Crippen molar-refractivity contribution < 1.29 is 25.2 Å². The Hall–Kier alpha value is 0.110. The summed E-state index contributed by atoms with van der Waals surface area (Å²) < 4.78 is 7.86. The lowest BCUT2D eigenvalue weighted by molar-refractivity contribution is -0.0715. The van der Waals surface area contributed by atoms with E-state index in [1.165, 1.54) is 50.5 Å². The first-order valence-electron chi connectivity index (χ1n) is 9.77. The zero-order valence-corrected chi connectivity index (χ0v) is 16.5. The molecule has 4 N–H and O–H groups in total. The molecule has 1 heterocycles. The van der Waals surface area contributed by atoms with Gasteiger partial charge in [0.1, 0.15) is 29.9 Å². The minimum atomic E-state index is -1.18. The average molecular weight is 380 g/mol. The van der Waals surface area contributed by atoms with Crippen molar-refractivity contribution >= 4 is 11.9 Å². The Balaban J connectivity index is 2.52. The highest BCUT2D eigenvalue weighted by Gasteiger charge is 2.46. The van der Waals surface area contributed by atoms with Crippen molar-refractivity contribution in [2.24, 2.45) is 0 Å². The maximum Gasteiger partial charge on any atom is 0.146 e. The van der Waals surface area contributed by atoms with Gasteiger partial charge in [-0.2, -0.15) is 0 Å². The van der Waals surface area contributed by atoms with E-state index in [0.717, 1.165) is 25.9 Å². The van der Waals surface area contributed by atoms with E-state index >= 15 is 0 Å². The van der Waals surface area contributed by atoms with E-state index in [9.17, 15) is 15.3 Å². The van der Waals surface area contributed by atoms with Crippen LogP contribution >= 0.6 is 11.9 Å². The predicted molar refractivity (Wildman–Crippen MR) is 101 cm³/mol. The largest absolute Gasteiger partial charge is 0.394 e. The second-order valence-corrected chi connectivity index (χ2v) is 8.05. The average Bonchev–Trinajstić information content (AvgIpc) is 2.89. The van der Waals surface area contributed by atoms with Crippen LogP contribution in [0.2, 0.25) is 0 Å². The molecule has 0 aromatic rings. The van der Waals surface area contributed by atoms with Crippen LogP contribution in [0.4, 0.5) is 0 Å². The standard InChI is InChI=1S/C18H37NO5S/c1-3-5-7-9-11-19(12-10-8-6-4-2)25-18-16(23)15(22)17(24-18)14(21)13-20/h14-18,20-23H,3-13H2,1-2H3/t14-,15-,16-,17+,18?/m1/s1. The Kier molecular flexibility index (Phi) is 12.3. The van der Waals surface area contributed by atoms with Crippen LogP contribution in [0.25, 0.3) is 0 Å². The zero-order chi connectivity index (χ0) is 18.7. The van der Waals surface area contributed by atoms with E-state index < -0.39 is 36.5 Å². The molecular weight excluding hydrogens is 342 g/mol. The van der Waals surface area contributed by atoms with Crippen LogP contribution in [0, 0.1) is 0 Å². The Labute approximate surface area is 156 Å². The Morgan fingerprint density at radius 3 is 1.96 bits per heavy atom. The quantitative estimate of drug-likeness (QED) is 0.270. The summed E-state index contributed by atoms with van der Waals surface area (Å²) in [5, 5.41) is 39.1. The fraction of sp³-hybridized carbons (Fsp3) is 1.00. The summed E-state index contributed by atoms with van der Waals surface area (Å²) in [5.41, 5.74) is -0.612. The fourth-order valence-electron chi connectivity index (χ4n) is 2.97. The van der Waals surface area contributed by atoms with Crippen LogP contribution in [0.1, 0.15) is 65.2 Å². The van der Waals surface area contributed by atoms with Crippen molar-refractivity contribution in [3.8, 4) is 0 Å². The highest BCUT2D eigenvalue weighted by molar-refractivity contribution is 7.97. The topological polar surface area (TPSA) is 93.4 Å². The number of hydrogen-bond acceptors (Lipinski definition) is 7. The molecular formula is C18H37NO5S. The van der Waals surface area contributed by atoms with Crippen molar-refractivity contribution in [2.45, 2.75) is 95.1 Å². The Bertz CT molecular complexity index is 325. The number of unbranched alkanes of at least 4 members (excludes halogenated alkanes) is 6. The summed E-state index contributed by atoms with van der Waals surface area (Å²) in [6.45, 7) is 5.73. The van der Waals surface area contributed by atoms with Gasteiger partial charge in [-0.15, -0.1) is 0 Å². The van der Waals surface area contributed by atoms with Gasteiger partial charge in [0.15, 0.2) is 0 Å². The molecule has 0 amide bonds. The maximum atomic E-state index is 10.2. The molecule has 1 aliphatic rings. The number of aliphatic hydroxyl groups excluding tert-OH is 4. The molecule has 0 aliphatic carbocycles. The van der Waals surface area contributed by atoms with Crippen LogP contribution < -0.4 is 0 Å². The normalized spacial score (nSPS) is 28.0. The molecule has 5 atom stereocenters. The minimum Gasteiger partial charge on any atom is -0.394 e. The number of aliphatic hydroxyl groups is 4. The van der Waals surface area contributed by atoms with E-state index in [0.29, 0.717) is 0 Å². The van der Waals surface area contributed by atoms with Crippen molar-refractivity contribution in [2.75, 3.05) is 19.7 Å². The molecule has 7 heteroatoms. The zero-order valence-electron chi connectivity index (χ0n) is 15.7. The highest BCUT2D eigenvalue weighted by Crippen LogP contribution is 2.33. The van der Waals surface area contributed by atoms with Crippen molar-refractivity contribution in [3.63, 3.8) is 0 Å². The number of ether oxygens (including phenoxy) is 1. The second kappa shape index (κ2) is 13.3. The third-order valence-corrected chi connectivity index (χ3v) is 5.86. The molecule has 1 unspecified atom stereocenters. The van der Waals surface area contributed by atoms with Crippen molar-refractivity contribution in [3.05, 3.63) is 0 Å². The van der Waals surface area contributed by atoms with Gasteiger partial charge in [-0.25, -0.2) is 4.31 Å². The summed E-state index contributed by atoms with van der Waals surface area (Å²) in [4.78, 5) is 0. The molecule has 0 bridgehead atoms. The van der Waals surface area contributed by atoms with Gasteiger partial charge in [-0.05, 0) is 24.8 Å². The smallest absolute Gasteiger partial charge is 0.146 e. The number of rotatable bonds is 14. The van der Waals surface area contributed by atoms with Gasteiger partial charge in [0.05, 0.1) is 6.61 Å². The van der Waals surface area contributed by atoms with Gasteiger partial charge >= 0.3 is 0 Å². The van der Waals surface area contributed by atoms with Crippen LogP contribution in [0.5, 0.6) is 0 Å². The molecule has 0 aromatic heterocycles. The van der Waals surface area contributed by atoms with Gasteiger partial charge in [0.2, 0.25) is 0 Å². The second-order valence-electron chi connectivity index (χ2n) is 6.86. The minimum absolute atomic E-state index is 0.496. The van der Waals surface area contributed by atoms with Crippen molar-refractivity contribution in [1.29, 1.82) is 0 Å². The maximum absolute atomic E-state index is 10.2. The van der Waals surface area contributed by atoms with E-state index in [1.807, 2.05) is 0 Å². The first-order chi connectivity index (χ1) is 12.0. The third-order valence-electron chi connectivity index (χ3n) is 4.60. The molecule has 1 fully saturated rings. The van der Waals surface area contributed by atoms with Crippen LogP contribution in [-0.4, -0.2) is 74.3 Å². The van der Waals surface area contributed by atoms with Gasteiger partial charge < -0.3 is 25.2 Å².